The molecular formula is C43H86N6O2. The van der Waals surface area contributed by atoms with Crippen LogP contribution in [0.3, 0.4) is 0 Å². The Hall–Kier alpha value is -1.93. The lowest BCUT2D eigenvalue weighted by molar-refractivity contribution is -0.134. The second kappa shape index (κ2) is 37.8. The van der Waals surface area contributed by atoms with Gasteiger partial charge in [0.05, 0.1) is 12.1 Å². The van der Waals surface area contributed by atoms with Crippen molar-refractivity contribution >= 4 is 17.6 Å². The highest BCUT2D eigenvalue weighted by atomic mass is 16.2. The molecule has 0 saturated carbocycles. The van der Waals surface area contributed by atoms with Crippen molar-refractivity contribution in [3.8, 4) is 0 Å². The molecule has 0 fully saturated rings. The average molecular weight is 719 g/mol. The molecule has 0 heterocycles. The summed E-state index contributed by atoms with van der Waals surface area (Å²) in [6.07, 6.45) is 41.9. The van der Waals surface area contributed by atoms with Gasteiger partial charge in [-0.2, -0.15) is 0 Å². The maximum atomic E-state index is 13.4. The molecule has 8 N–H and O–H groups in total. The van der Waals surface area contributed by atoms with Crippen LogP contribution in [0.1, 0.15) is 213 Å². The lowest BCUT2D eigenvalue weighted by atomic mass is 9.99. The Balaban J connectivity index is 4.43. The second-order valence-corrected chi connectivity index (χ2v) is 15.2. The molecule has 0 unspecified atom stereocenters. The first kappa shape index (κ1) is 49.1. The number of nitrogens with two attached hydrogens (primary N) is 4. The van der Waals surface area contributed by atoms with Crippen molar-refractivity contribution in [2.75, 3.05) is 19.6 Å². The number of carbonyl (C=O) groups excluding carboxylic acids is 2. The summed E-state index contributed by atoms with van der Waals surface area (Å²) in [5.41, 5.74) is 23.1. The van der Waals surface area contributed by atoms with E-state index in [9.17, 15) is 9.59 Å². The first-order valence-electron chi connectivity index (χ1n) is 21.9. The Morgan fingerprint density at radius 1 is 0.529 bits per heavy atom. The van der Waals surface area contributed by atoms with Crippen molar-refractivity contribution in [1.82, 2.24) is 4.90 Å². The molecule has 0 aromatic carbocycles. The number of carbonyl (C=O) groups is 2. The molecule has 300 valence electrons. The van der Waals surface area contributed by atoms with Crippen molar-refractivity contribution in [2.45, 2.75) is 225 Å². The molecule has 0 aliphatic heterocycles. The number of amides is 1. The van der Waals surface area contributed by atoms with Crippen molar-refractivity contribution in [2.24, 2.45) is 27.9 Å². The van der Waals surface area contributed by atoms with Crippen molar-refractivity contribution in [3.63, 3.8) is 0 Å². The number of hydrogen-bond acceptors (Lipinski definition) is 5. The van der Waals surface area contributed by atoms with E-state index >= 15 is 0 Å². The van der Waals surface area contributed by atoms with Gasteiger partial charge in [0.25, 0.3) is 0 Å². The number of guanidine groups is 1. The summed E-state index contributed by atoms with van der Waals surface area (Å²) >= 11 is 0. The first-order valence-corrected chi connectivity index (χ1v) is 21.9. The van der Waals surface area contributed by atoms with Crippen LogP contribution in [0.5, 0.6) is 0 Å². The lowest BCUT2D eigenvalue weighted by Gasteiger charge is -2.25. The van der Waals surface area contributed by atoms with Gasteiger partial charge in [0.2, 0.25) is 5.91 Å². The standard InChI is InChI=1S/C43H86N6O2/c1-3-5-7-9-11-13-15-17-19-20-22-24-26-28-30-32-37-49(36-31-29-27-25-23-21-18-16-14-12-10-8-6-4-2)41(50)38-40(45)42(51)39(44)34-33-35-48-43(46)47/h17,19,39-40H,3-16,18,20-38,44-45H2,1-2H3,(H4,46,47,48)/b19-17-/t39-,40-/m0/s1. The minimum atomic E-state index is -0.880. The van der Waals surface area contributed by atoms with Gasteiger partial charge in [0.15, 0.2) is 11.7 Å². The minimum absolute atomic E-state index is 0.0193. The molecule has 8 nitrogen and oxygen atoms in total. The van der Waals surface area contributed by atoms with Crippen molar-refractivity contribution in [1.29, 1.82) is 0 Å². The normalized spacial score (nSPS) is 12.7. The van der Waals surface area contributed by atoms with E-state index in [0.717, 1.165) is 38.8 Å². The number of unbranched alkanes of at least 4 members (excludes halogenated alkanes) is 25. The van der Waals surface area contributed by atoms with E-state index in [4.69, 9.17) is 22.9 Å². The third-order valence-electron chi connectivity index (χ3n) is 10.2. The molecule has 0 saturated heterocycles. The van der Waals surface area contributed by atoms with E-state index in [1.807, 2.05) is 4.90 Å². The fourth-order valence-electron chi connectivity index (χ4n) is 6.76. The van der Waals surface area contributed by atoms with Crippen molar-refractivity contribution in [3.05, 3.63) is 12.2 Å². The third kappa shape index (κ3) is 33.6. The van der Waals surface area contributed by atoms with Gasteiger partial charge >= 0.3 is 0 Å². The van der Waals surface area contributed by atoms with Crippen LogP contribution in [0.2, 0.25) is 0 Å². The smallest absolute Gasteiger partial charge is 0.224 e. The van der Waals surface area contributed by atoms with E-state index in [-0.39, 0.29) is 24.1 Å². The summed E-state index contributed by atoms with van der Waals surface area (Å²) in [6, 6.07) is -1.59. The van der Waals surface area contributed by atoms with Gasteiger partial charge in [0, 0.05) is 26.1 Å². The van der Waals surface area contributed by atoms with Gasteiger partial charge in [-0.25, -0.2) is 0 Å². The summed E-state index contributed by atoms with van der Waals surface area (Å²) in [5, 5.41) is 0. The molecule has 8 heteroatoms. The second-order valence-electron chi connectivity index (χ2n) is 15.2. The fourth-order valence-corrected chi connectivity index (χ4v) is 6.76. The molecule has 0 aromatic heterocycles. The van der Waals surface area contributed by atoms with E-state index in [1.54, 1.807) is 0 Å². The quantitative estimate of drug-likeness (QED) is 0.0215. The summed E-state index contributed by atoms with van der Waals surface area (Å²) in [5.74, 6) is -0.259. The van der Waals surface area contributed by atoms with Gasteiger partial charge < -0.3 is 27.8 Å². The molecule has 2 atom stereocenters. The van der Waals surface area contributed by atoms with Crippen LogP contribution in [0.25, 0.3) is 0 Å². The van der Waals surface area contributed by atoms with Crippen molar-refractivity contribution < 1.29 is 9.59 Å². The molecule has 0 aromatic rings. The summed E-state index contributed by atoms with van der Waals surface area (Å²) in [6.45, 7) is 6.45. The van der Waals surface area contributed by atoms with Gasteiger partial charge in [-0.1, -0.05) is 167 Å². The van der Waals surface area contributed by atoms with Gasteiger partial charge in [-0.3, -0.25) is 14.6 Å². The molecule has 0 spiro atoms. The van der Waals surface area contributed by atoms with Crippen LogP contribution in [0.4, 0.5) is 0 Å². The van der Waals surface area contributed by atoms with Crippen LogP contribution in [-0.4, -0.2) is 54.3 Å². The zero-order chi connectivity index (χ0) is 37.6. The third-order valence-corrected chi connectivity index (χ3v) is 10.2. The number of allylic oxidation sites excluding steroid dienone is 2. The Kier molecular flexibility index (Phi) is 36.4. The zero-order valence-corrected chi connectivity index (χ0v) is 33.9. The van der Waals surface area contributed by atoms with Crippen LogP contribution >= 0.6 is 0 Å². The maximum Gasteiger partial charge on any atom is 0.224 e. The van der Waals surface area contributed by atoms with Crippen LogP contribution in [0.15, 0.2) is 17.1 Å². The summed E-state index contributed by atoms with van der Waals surface area (Å²) < 4.78 is 0. The van der Waals surface area contributed by atoms with E-state index in [2.05, 4.69) is 31.0 Å². The van der Waals surface area contributed by atoms with Crippen LogP contribution < -0.4 is 22.9 Å². The Morgan fingerprint density at radius 3 is 1.29 bits per heavy atom. The number of hydrogen-bond donors (Lipinski definition) is 4. The van der Waals surface area contributed by atoms with E-state index in [1.165, 1.54) is 154 Å². The monoisotopic (exact) mass is 719 g/mol. The lowest BCUT2D eigenvalue weighted by Crippen LogP contribution is -2.46. The Labute approximate surface area is 316 Å². The zero-order valence-electron chi connectivity index (χ0n) is 33.9. The molecule has 0 rings (SSSR count). The summed E-state index contributed by atoms with van der Waals surface area (Å²) in [4.78, 5) is 32.1. The SMILES string of the molecule is CCCCCCCC/C=C\CCCCCCCCN(CCCCCCCCCCCCCCCC)C(=O)C[C@H](N)C(=O)[C@@H](N)CCCN=C(N)N. The Morgan fingerprint density at radius 2 is 0.902 bits per heavy atom. The van der Waals surface area contributed by atoms with Gasteiger partial charge in [0.1, 0.15) is 0 Å². The fraction of sp³-hybridized carbons (Fsp3) is 0.884. The number of Topliss-reactive ketones (excluding diaryl/α,β-unsaturated/α-hetero) is 1. The molecule has 0 aliphatic rings. The van der Waals surface area contributed by atoms with E-state index < -0.39 is 12.1 Å². The molecule has 0 radical (unpaired) electrons. The van der Waals surface area contributed by atoms with Gasteiger partial charge in [-0.15, -0.1) is 0 Å². The largest absolute Gasteiger partial charge is 0.370 e. The highest BCUT2D eigenvalue weighted by Crippen LogP contribution is 2.15. The number of aliphatic imine (C=N–C) groups is 1. The minimum Gasteiger partial charge on any atom is -0.370 e. The Bertz CT molecular complexity index is 844. The van der Waals surface area contributed by atoms with E-state index in [0.29, 0.717) is 19.4 Å². The number of ketones is 1. The summed E-state index contributed by atoms with van der Waals surface area (Å²) in [7, 11) is 0. The first-order chi connectivity index (χ1) is 24.8. The molecule has 0 aliphatic carbocycles. The van der Waals surface area contributed by atoms with Crippen LogP contribution in [0, 0.1) is 0 Å². The predicted molar refractivity (Wildman–Crippen MR) is 222 cm³/mol. The highest BCUT2D eigenvalue weighted by Gasteiger charge is 2.25. The molecule has 0 bridgehead atoms. The number of nitrogens with zero attached hydrogens (tertiary/aromatic N) is 2. The molecule has 1 amide bonds. The maximum absolute atomic E-state index is 13.4. The molecule has 51 heavy (non-hydrogen) atoms. The average Bonchev–Trinajstić information content (AvgIpc) is 3.11. The number of rotatable bonds is 39. The topological polar surface area (TPSA) is 154 Å². The highest BCUT2D eigenvalue weighted by molar-refractivity contribution is 5.92. The van der Waals surface area contributed by atoms with Gasteiger partial charge in [-0.05, 0) is 51.4 Å². The molecular weight excluding hydrogens is 633 g/mol. The predicted octanol–water partition coefficient (Wildman–Crippen LogP) is 10.0. The van der Waals surface area contributed by atoms with Crippen LogP contribution in [-0.2, 0) is 9.59 Å².